The molecule has 2 N–H and O–H groups in total. The lowest BCUT2D eigenvalue weighted by Crippen LogP contribution is -2.24. The van der Waals surface area contributed by atoms with Crippen molar-refractivity contribution in [3.8, 4) is 22.8 Å². The first kappa shape index (κ1) is 17.1. The molecule has 4 rings (SSSR count). The average Bonchev–Trinajstić information content (AvgIpc) is 3.38. The Morgan fingerprint density at radius 2 is 1.85 bits per heavy atom. The van der Waals surface area contributed by atoms with E-state index in [1.807, 2.05) is 37.3 Å². The predicted octanol–water partition coefficient (Wildman–Crippen LogP) is 3.32. The first-order valence-corrected chi connectivity index (χ1v) is 9.03. The number of aromatic amines is 1. The Labute approximate surface area is 157 Å². The van der Waals surface area contributed by atoms with Crippen LogP contribution in [0.1, 0.15) is 24.5 Å². The SMILES string of the molecule is Cc1nccc(-c2cccc(-c3cnc(/C=C\C(=N)N4CCCC4)[nH]3)n2)n1. The summed E-state index contributed by atoms with van der Waals surface area (Å²) in [5.74, 6) is 1.96. The van der Waals surface area contributed by atoms with Crippen LogP contribution in [0.2, 0.25) is 0 Å². The fourth-order valence-corrected chi connectivity index (χ4v) is 3.10. The maximum absolute atomic E-state index is 8.12. The summed E-state index contributed by atoms with van der Waals surface area (Å²) in [6.45, 7) is 3.79. The topological polar surface area (TPSA) is 94.4 Å². The fourth-order valence-electron chi connectivity index (χ4n) is 3.10. The standard InChI is InChI=1S/C20H21N7/c1-14-22-10-9-17(24-14)15-5-4-6-16(25-15)18-13-23-20(26-18)8-7-19(21)27-11-2-3-12-27/h4-10,13,21H,2-3,11-12H2,1H3,(H,23,26)/b8-7-,21-19?. The maximum Gasteiger partial charge on any atom is 0.130 e. The van der Waals surface area contributed by atoms with Gasteiger partial charge in [-0.25, -0.2) is 19.9 Å². The number of pyridine rings is 1. The zero-order valence-electron chi connectivity index (χ0n) is 15.2. The van der Waals surface area contributed by atoms with Gasteiger partial charge in [0, 0.05) is 19.3 Å². The summed E-state index contributed by atoms with van der Waals surface area (Å²) in [6, 6.07) is 7.67. The van der Waals surface area contributed by atoms with Crippen LogP contribution >= 0.6 is 0 Å². The summed E-state index contributed by atoms with van der Waals surface area (Å²) in [5, 5.41) is 8.12. The predicted molar refractivity (Wildman–Crippen MR) is 105 cm³/mol. The number of aromatic nitrogens is 5. The smallest absolute Gasteiger partial charge is 0.130 e. The highest BCUT2D eigenvalue weighted by molar-refractivity contribution is 5.93. The van der Waals surface area contributed by atoms with Crippen LogP contribution in [0.25, 0.3) is 28.9 Å². The lowest BCUT2D eigenvalue weighted by molar-refractivity contribution is 0.519. The molecule has 7 nitrogen and oxygen atoms in total. The van der Waals surface area contributed by atoms with Gasteiger partial charge in [-0.05, 0) is 50.1 Å². The Kier molecular flexibility index (Phi) is 4.74. The van der Waals surface area contributed by atoms with E-state index in [1.165, 1.54) is 0 Å². The van der Waals surface area contributed by atoms with Crippen molar-refractivity contribution in [2.75, 3.05) is 13.1 Å². The molecular formula is C20H21N7. The fraction of sp³-hybridized carbons (Fsp3) is 0.250. The van der Waals surface area contributed by atoms with Crippen LogP contribution in [0.4, 0.5) is 0 Å². The first-order chi connectivity index (χ1) is 13.2. The second kappa shape index (κ2) is 7.49. The van der Waals surface area contributed by atoms with Gasteiger partial charge in [0.25, 0.3) is 0 Å². The number of likely N-dealkylation sites (tertiary alicyclic amines) is 1. The molecule has 3 aromatic rings. The molecule has 1 saturated heterocycles. The van der Waals surface area contributed by atoms with Crippen molar-refractivity contribution in [2.45, 2.75) is 19.8 Å². The van der Waals surface area contributed by atoms with Gasteiger partial charge in [0.1, 0.15) is 17.5 Å². The highest BCUT2D eigenvalue weighted by Gasteiger charge is 2.12. The molecular weight excluding hydrogens is 338 g/mol. The number of H-pyrrole nitrogens is 1. The third-order valence-corrected chi connectivity index (χ3v) is 4.50. The molecule has 0 radical (unpaired) electrons. The zero-order valence-corrected chi connectivity index (χ0v) is 15.2. The van der Waals surface area contributed by atoms with Crippen LogP contribution in [-0.2, 0) is 0 Å². The Morgan fingerprint density at radius 1 is 1.07 bits per heavy atom. The number of aryl methyl sites for hydroxylation is 1. The number of amidine groups is 1. The number of hydrogen-bond acceptors (Lipinski definition) is 5. The summed E-state index contributed by atoms with van der Waals surface area (Å²) in [6.07, 6.45) is 9.45. The second-order valence-corrected chi connectivity index (χ2v) is 6.49. The first-order valence-electron chi connectivity index (χ1n) is 9.03. The van der Waals surface area contributed by atoms with Crippen molar-refractivity contribution in [3.05, 3.63) is 54.4 Å². The number of nitrogens with zero attached hydrogens (tertiary/aromatic N) is 5. The van der Waals surface area contributed by atoms with Crippen molar-refractivity contribution in [1.82, 2.24) is 29.8 Å². The maximum atomic E-state index is 8.12. The number of imidazole rings is 1. The highest BCUT2D eigenvalue weighted by atomic mass is 15.2. The van der Waals surface area contributed by atoms with Gasteiger partial charge in [-0.15, -0.1) is 0 Å². The molecule has 0 atom stereocenters. The van der Waals surface area contributed by atoms with Crippen LogP contribution in [0.3, 0.4) is 0 Å². The van der Waals surface area contributed by atoms with Gasteiger partial charge in [0.05, 0.1) is 29.0 Å². The van der Waals surface area contributed by atoms with Crippen LogP contribution in [0, 0.1) is 12.3 Å². The van der Waals surface area contributed by atoms with Crippen LogP contribution in [-0.4, -0.2) is 48.7 Å². The summed E-state index contributed by atoms with van der Waals surface area (Å²) in [7, 11) is 0. The van der Waals surface area contributed by atoms with Crippen molar-refractivity contribution in [3.63, 3.8) is 0 Å². The molecule has 0 bridgehead atoms. The molecule has 0 aromatic carbocycles. The molecule has 0 amide bonds. The molecule has 27 heavy (non-hydrogen) atoms. The normalized spacial score (nSPS) is 14.2. The third kappa shape index (κ3) is 3.92. The van der Waals surface area contributed by atoms with Gasteiger partial charge >= 0.3 is 0 Å². The van der Waals surface area contributed by atoms with Crippen LogP contribution in [0.15, 0.2) is 42.7 Å². The van der Waals surface area contributed by atoms with Crippen LogP contribution in [0.5, 0.6) is 0 Å². The summed E-state index contributed by atoms with van der Waals surface area (Å²) >= 11 is 0. The zero-order chi connectivity index (χ0) is 18.6. The average molecular weight is 359 g/mol. The minimum absolute atomic E-state index is 0.532. The van der Waals surface area contributed by atoms with Gasteiger partial charge in [-0.2, -0.15) is 0 Å². The van der Waals surface area contributed by atoms with Gasteiger partial charge in [0.2, 0.25) is 0 Å². The minimum Gasteiger partial charge on any atom is -0.357 e. The molecule has 1 fully saturated rings. The van der Waals surface area contributed by atoms with Crippen molar-refractivity contribution < 1.29 is 0 Å². The van der Waals surface area contributed by atoms with E-state index in [0.717, 1.165) is 48.7 Å². The monoisotopic (exact) mass is 359 g/mol. The number of nitrogens with one attached hydrogen (secondary N) is 2. The van der Waals surface area contributed by atoms with Gasteiger partial charge in [0.15, 0.2) is 0 Å². The molecule has 1 aliphatic rings. The van der Waals surface area contributed by atoms with Gasteiger partial charge in [-0.3, -0.25) is 5.41 Å². The van der Waals surface area contributed by atoms with E-state index in [0.29, 0.717) is 17.5 Å². The summed E-state index contributed by atoms with van der Waals surface area (Å²) < 4.78 is 0. The second-order valence-electron chi connectivity index (χ2n) is 6.49. The molecule has 0 aliphatic carbocycles. The lowest BCUT2D eigenvalue weighted by atomic mass is 10.2. The molecule has 3 aromatic heterocycles. The van der Waals surface area contributed by atoms with E-state index in [1.54, 1.807) is 18.5 Å². The van der Waals surface area contributed by atoms with Crippen molar-refractivity contribution in [2.24, 2.45) is 0 Å². The quantitative estimate of drug-likeness (QED) is 0.550. The van der Waals surface area contributed by atoms with Crippen molar-refractivity contribution in [1.29, 1.82) is 5.41 Å². The Morgan fingerprint density at radius 3 is 2.67 bits per heavy atom. The van der Waals surface area contributed by atoms with E-state index in [4.69, 9.17) is 5.41 Å². The molecule has 136 valence electrons. The highest BCUT2D eigenvalue weighted by Crippen LogP contribution is 2.20. The van der Waals surface area contributed by atoms with E-state index in [-0.39, 0.29) is 0 Å². The van der Waals surface area contributed by atoms with Gasteiger partial charge in [-0.1, -0.05) is 6.07 Å². The van der Waals surface area contributed by atoms with E-state index < -0.39 is 0 Å². The summed E-state index contributed by atoms with van der Waals surface area (Å²) in [4.78, 5) is 23.0. The molecule has 1 aliphatic heterocycles. The van der Waals surface area contributed by atoms with E-state index in [9.17, 15) is 0 Å². The molecule has 0 spiro atoms. The van der Waals surface area contributed by atoms with Crippen molar-refractivity contribution >= 4 is 11.9 Å². The molecule has 4 heterocycles. The Balaban J connectivity index is 1.53. The third-order valence-electron chi connectivity index (χ3n) is 4.50. The van der Waals surface area contributed by atoms with E-state index >= 15 is 0 Å². The molecule has 0 unspecified atom stereocenters. The van der Waals surface area contributed by atoms with Crippen LogP contribution < -0.4 is 0 Å². The number of rotatable bonds is 4. The Bertz CT molecular complexity index is 983. The summed E-state index contributed by atoms with van der Waals surface area (Å²) in [5.41, 5.74) is 3.21. The molecule has 7 heteroatoms. The molecule has 0 saturated carbocycles. The largest absolute Gasteiger partial charge is 0.357 e. The van der Waals surface area contributed by atoms with Gasteiger partial charge < -0.3 is 9.88 Å². The Hall–Kier alpha value is -3.35. The van der Waals surface area contributed by atoms with E-state index in [2.05, 4.69) is 29.8 Å². The minimum atomic E-state index is 0.532. The number of hydrogen-bond donors (Lipinski definition) is 2. The lowest BCUT2D eigenvalue weighted by Gasteiger charge is -2.14.